The average molecular weight is 476 g/mol. The molecule has 6 nitrogen and oxygen atoms in total. The quantitative estimate of drug-likeness (QED) is 0.325. The first kappa shape index (κ1) is 23.7. The van der Waals surface area contributed by atoms with Gasteiger partial charge in [0, 0.05) is 6.54 Å². The van der Waals surface area contributed by atoms with Gasteiger partial charge in [0.1, 0.15) is 11.6 Å². The van der Waals surface area contributed by atoms with Crippen LogP contribution in [0.2, 0.25) is 0 Å². The van der Waals surface area contributed by atoms with Gasteiger partial charge in [0.25, 0.3) is 11.5 Å². The molecule has 4 aromatic rings. The number of carbonyl (C=O) groups excluding carboxylic acids is 1. The molecule has 176 valence electrons. The molecular formula is C27H29N3O3S. The van der Waals surface area contributed by atoms with Crippen molar-refractivity contribution in [2.24, 2.45) is 0 Å². The molecule has 2 heterocycles. The molecule has 1 amide bonds. The Morgan fingerprint density at radius 2 is 1.97 bits per heavy atom. The van der Waals surface area contributed by atoms with Crippen molar-refractivity contribution in [2.75, 3.05) is 13.7 Å². The molecule has 0 spiro atoms. The number of nitrogens with zero attached hydrogens (tertiary/aromatic N) is 3. The third-order valence-electron chi connectivity index (χ3n) is 5.96. The molecule has 2 aromatic carbocycles. The monoisotopic (exact) mass is 475 g/mol. The van der Waals surface area contributed by atoms with Gasteiger partial charge in [0.2, 0.25) is 0 Å². The second-order valence-corrected chi connectivity index (χ2v) is 9.26. The molecule has 0 aliphatic carbocycles. The number of aromatic nitrogens is 2. The van der Waals surface area contributed by atoms with E-state index < -0.39 is 6.04 Å². The first-order valence-electron chi connectivity index (χ1n) is 11.5. The van der Waals surface area contributed by atoms with Crippen LogP contribution in [0.5, 0.6) is 5.75 Å². The van der Waals surface area contributed by atoms with Crippen LogP contribution in [0.1, 0.15) is 53.8 Å². The highest BCUT2D eigenvalue weighted by molar-refractivity contribution is 7.12. The van der Waals surface area contributed by atoms with Crippen molar-refractivity contribution < 1.29 is 9.53 Å². The maximum absolute atomic E-state index is 13.8. The molecule has 0 saturated carbocycles. The van der Waals surface area contributed by atoms with Crippen molar-refractivity contribution in [1.82, 2.24) is 14.5 Å². The van der Waals surface area contributed by atoms with Gasteiger partial charge in [-0.15, -0.1) is 11.3 Å². The number of hydrogen-bond acceptors (Lipinski definition) is 5. The molecule has 0 saturated heterocycles. The SMILES string of the molecule is CCCCN(C(=O)c1cccs1)C(C)c1nc2ccccc2c(=O)n1-c1cc(C)ccc1OC. The van der Waals surface area contributed by atoms with Crippen LogP contribution < -0.4 is 10.3 Å². The van der Waals surface area contributed by atoms with Gasteiger partial charge in [-0.25, -0.2) is 4.98 Å². The van der Waals surface area contributed by atoms with Crippen molar-refractivity contribution in [1.29, 1.82) is 0 Å². The van der Waals surface area contributed by atoms with Gasteiger partial charge in [-0.2, -0.15) is 0 Å². The topological polar surface area (TPSA) is 64.4 Å². The molecule has 2 aromatic heterocycles. The number of unbranched alkanes of at least 4 members (excludes halogenated alkanes) is 1. The standard InChI is InChI=1S/C27H29N3O3S/c1-5-6-15-29(27(32)24-12-9-16-34-24)19(3)25-28-21-11-8-7-10-20(21)26(31)30(25)22-17-18(2)13-14-23(22)33-4/h7-14,16-17,19H,5-6,15H2,1-4H3. The zero-order chi connectivity index (χ0) is 24.2. The van der Waals surface area contributed by atoms with Crippen molar-refractivity contribution in [2.45, 2.75) is 39.7 Å². The molecule has 0 radical (unpaired) electrons. The summed E-state index contributed by atoms with van der Waals surface area (Å²) in [5, 5.41) is 2.42. The molecule has 0 fully saturated rings. The summed E-state index contributed by atoms with van der Waals surface area (Å²) < 4.78 is 7.23. The van der Waals surface area contributed by atoms with E-state index in [1.54, 1.807) is 17.7 Å². The van der Waals surface area contributed by atoms with Gasteiger partial charge < -0.3 is 9.64 Å². The van der Waals surface area contributed by atoms with Crippen LogP contribution in [0, 0.1) is 6.92 Å². The van der Waals surface area contributed by atoms with Gasteiger partial charge in [0.15, 0.2) is 0 Å². The minimum absolute atomic E-state index is 0.0545. The van der Waals surface area contributed by atoms with Gasteiger partial charge in [0.05, 0.1) is 34.6 Å². The number of fused-ring (bicyclic) bond motifs is 1. The van der Waals surface area contributed by atoms with E-state index in [2.05, 4.69) is 6.92 Å². The predicted octanol–water partition coefficient (Wildman–Crippen LogP) is 5.77. The number of hydrogen-bond donors (Lipinski definition) is 0. The van der Waals surface area contributed by atoms with E-state index in [4.69, 9.17) is 9.72 Å². The number of methoxy groups -OCH3 is 1. The summed E-state index contributed by atoms with van der Waals surface area (Å²) in [6.07, 6.45) is 1.80. The number of benzene rings is 2. The van der Waals surface area contributed by atoms with Crippen molar-refractivity contribution in [3.8, 4) is 11.4 Å². The van der Waals surface area contributed by atoms with E-state index in [0.717, 1.165) is 18.4 Å². The molecule has 0 N–H and O–H groups in total. The first-order chi connectivity index (χ1) is 16.5. The maximum Gasteiger partial charge on any atom is 0.266 e. The highest BCUT2D eigenvalue weighted by atomic mass is 32.1. The lowest BCUT2D eigenvalue weighted by Gasteiger charge is -2.30. The number of aryl methyl sites for hydroxylation is 1. The second-order valence-electron chi connectivity index (χ2n) is 8.31. The molecule has 1 unspecified atom stereocenters. The average Bonchev–Trinajstić information content (AvgIpc) is 3.39. The highest BCUT2D eigenvalue weighted by Crippen LogP contribution is 2.30. The fourth-order valence-electron chi connectivity index (χ4n) is 4.12. The zero-order valence-corrected chi connectivity index (χ0v) is 20.8. The van der Waals surface area contributed by atoms with Crippen LogP contribution >= 0.6 is 11.3 Å². The maximum atomic E-state index is 13.8. The zero-order valence-electron chi connectivity index (χ0n) is 19.9. The van der Waals surface area contributed by atoms with Crippen LogP contribution in [0.15, 0.2) is 64.8 Å². The summed E-state index contributed by atoms with van der Waals surface area (Å²) in [6, 6.07) is 16.3. The molecule has 1 atom stereocenters. The smallest absolute Gasteiger partial charge is 0.266 e. The Morgan fingerprint density at radius 1 is 1.18 bits per heavy atom. The lowest BCUT2D eigenvalue weighted by molar-refractivity contribution is 0.0683. The molecule has 4 rings (SSSR count). The van der Waals surface area contributed by atoms with Crippen molar-refractivity contribution in [3.63, 3.8) is 0 Å². The van der Waals surface area contributed by atoms with Crippen LogP contribution in [0.4, 0.5) is 0 Å². The summed E-state index contributed by atoms with van der Waals surface area (Å²) in [7, 11) is 1.59. The van der Waals surface area contributed by atoms with Gasteiger partial charge in [-0.05, 0) is 61.5 Å². The van der Waals surface area contributed by atoms with E-state index in [0.29, 0.717) is 39.6 Å². The fourth-order valence-corrected chi connectivity index (χ4v) is 4.80. The Kier molecular flexibility index (Phi) is 7.12. The Hall–Kier alpha value is -3.45. The number of rotatable bonds is 8. The Labute approximate surface area is 203 Å². The Morgan fingerprint density at radius 3 is 2.68 bits per heavy atom. The molecule has 7 heteroatoms. The van der Waals surface area contributed by atoms with Gasteiger partial charge >= 0.3 is 0 Å². The summed E-state index contributed by atoms with van der Waals surface area (Å²) in [5.41, 5.74) is 2.03. The number of amides is 1. The minimum Gasteiger partial charge on any atom is -0.495 e. The summed E-state index contributed by atoms with van der Waals surface area (Å²) >= 11 is 1.42. The summed E-state index contributed by atoms with van der Waals surface area (Å²) in [6.45, 7) is 6.58. The number of thiophene rings is 1. The molecule has 0 aliphatic rings. The van der Waals surface area contributed by atoms with Crippen LogP contribution in [0.25, 0.3) is 16.6 Å². The van der Waals surface area contributed by atoms with Crippen LogP contribution in [0.3, 0.4) is 0 Å². The van der Waals surface area contributed by atoms with E-state index in [9.17, 15) is 9.59 Å². The second kappa shape index (κ2) is 10.2. The molecular weight excluding hydrogens is 446 g/mol. The number of ether oxygens (including phenoxy) is 1. The predicted molar refractivity (Wildman–Crippen MR) is 137 cm³/mol. The highest BCUT2D eigenvalue weighted by Gasteiger charge is 2.28. The van der Waals surface area contributed by atoms with Crippen LogP contribution in [-0.2, 0) is 0 Å². The largest absolute Gasteiger partial charge is 0.495 e. The third kappa shape index (κ3) is 4.48. The molecule has 0 aliphatic heterocycles. The fraction of sp³-hybridized carbons (Fsp3) is 0.296. The number of para-hydroxylation sites is 1. The van der Waals surface area contributed by atoms with Crippen LogP contribution in [-0.4, -0.2) is 34.0 Å². The first-order valence-corrected chi connectivity index (χ1v) is 12.4. The van der Waals surface area contributed by atoms with Crippen molar-refractivity contribution in [3.05, 3.63) is 86.6 Å². The minimum atomic E-state index is -0.441. The molecule has 34 heavy (non-hydrogen) atoms. The summed E-state index contributed by atoms with van der Waals surface area (Å²) in [4.78, 5) is 34.8. The summed E-state index contributed by atoms with van der Waals surface area (Å²) in [5.74, 6) is 1.03. The third-order valence-corrected chi connectivity index (χ3v) is 6.82. The van der Waals surface area contributed by atoms with E-state index in [1.807, 2.05) is 72.7 Å². The van der Waals surface area contributed by atoms with E-state index in [1.165, 1.54) is 11.3 Å². The Balaban J connectivity index is 1.96. The lowest BCUT2D eigenvalue weighted by Crippen LogP contribution is -2.38. The van der Waals surface area contributed by atoms with Gasteiger partial charge in [-0.1, -0.05) is 37.6 Å². The molecule has 0 bridgehead atoms. The Bertz CT molecular complexity index is 1360. The number of carbonyl (C=O) groups is 1. The van der Waals surface area contributed by atoms with E-state index >= 15 is 0 Å². The normalized spacial score (nSPS) is 12.0. The van der Waals surface area contributed by atoms with Gasteiger partial charge in [-0.3, -0.25) is 14.2 Å². The van der Waals surface area contributed by atoms with E-state index in [-0.39, 0.29) is 11.5 Å². The lowest BCUT2D eigenvalue weighted by atomic mass is 10.1. The van der Waals surface area contributed by atoms with Crippen molar-refractivity contribution >= 4 is 28.1 Å².